The van der Waals surface area contributed by atoms with E-state index in [0.29, 0.717) is 0 Å². The van der Waals surface area contributed by atoms with E-state index in [-0.39, 0.29) is 0 Å². The molecule has 0 aliphatic carbocycles. The molecule has 2 heterocycles. The van der Waals surface area contributed by atoms with Gasteiger partial charge in [0.15, 0.2) is 0 Å². The number of halogens is 1. The molecule has 0 saturated heterocycles. The molecule has 0 N–H and O–H groups in total. The second kappa shape index (κ2) is 4.00. The third kappa shape index (κ3) is 1.76. The summed E-state index contributed by atoms with van der Waals surface area (Å²) < 4.78 is 3.17. The molecule has 0 spiro atoms. The van der Waals surface area contributed by atoms with E-state index in [2.05, 4.69) is 50.4 Å². The highest BCUT2D eigenvalue weighted by Crippen LogP contribution is 2.24. The second-order valence-corrected chi connectivity index (χ2v) is 4.95. The first kappa shape index (κ1) is 10.5. The Balaban J connectivity index is 2.29. The van der Waals surface area contributed by atoms with Crippen LogP contribution in [0.1, 0.15) is 5.56 Å². The van der Waals surface area contributed by atoms with Crippen molar-refractivity contribution in [2.24, 2.45) is 0 Å². The molecule has 2 aromatic heterocycles. The Hall–Kier alpha value is -1.61. The lowest BCUT2D eigenvalue weighted by molar-refractivity contribution is 1.15. The minimum atomic E-state index is 0.991. The Morgan fingerprint density at radius 3 is 2.82 bits per heavy atom. The highest BCUT2D eigenvalue weighted by atomic mass is 79.9. The zero-order valence-corrected chi connectivity index (χ0v) is 11.0. The molecule has 0 atom stereocenters. The third-order valence-corrected chi connectivity index (χ3v) is 3.37. The molecule has 0 bridgehead atoms. The molecule has 0 saturated carbocycles. The molecule has 0 aliphatic heterocycles. The van der Waals surface area contributed by atoms with E-state index in [1.54, 1.807) is 0 Å². The van der Waals surface area contributed by atoms with Gasteiger partial charge in [0.1, 0.15) is 5.82 Å². The zero-order valence-electron chi connectivity index (χ0n) is 9.39. The van der Waals surface area contributed by atoms with Crippen molar-refractivity contribution in [3.63, 3.8) is 0 Å². The van der Waals surface area contributed by atoms with Crippen LogP contribution in [0.25, 0.3) is 16.9 Å². The first-order chi connectivity index (χ1) is 8.25. The molecule has 0 radical (unpaired) electrons. The van der Waals surface area contributed by atoms with Crippen molar-refractivity contribution in [2.75, 3.05) is 0 Å². The smallest absolute Gasteiger partial charge is 0.144 e. The van der Waals surface area contributed by atoms with Crippen LogP contribution in [-0.2, 0) is 0 Å². The van der Waals surface area contributed by atoms with Gasteiger partial charge in [0, 0.05) is 16.2 Å². The number of imidazole rings is 1. The van der Waals surface area contributed by atoms with Crippen LogP contribution >= 0.6 is 15.9 Å². The number of nitrogens with zero attached hydrogens (tertiary/aromatic N) is 2. The van der Waals surface area contributed by atoms with Gasteiger partial charge in [0.25, 0.3) is 0 Å². The summed E-state index contributed by atoms with van der Waals surface area (Å²) in [5, 5.41) is 0. The van der Waals surface area contributed by atoms with Crippen molar-refractivity contribution in [3.8, 4) is 11.4 Å². The number of hydrogen-bond donors (Lipinski definition) is 0. The molecule has 1 aromatic carbocycles. The first-order valence-corrected chi connectivity index (χ1v) is 6.23. The standard InChI is InChI=1S/C14H11BrN2/c1-10-4-2-3-5-13(10)14-16-9-12-8-11(15)6-7-17(12)14/h2-9H,1H3. The summed E-state index contributed by atoms with van der Waals surface area (Å²) in [6.07, 6.45) is 3.93. The quantitative estimate of drug-likeness (QED) is 0.659. The fourth-order valence-electron chi connectivity index (χ4n) is 2.00. The average Bonchev–Trinajstić information content (AvgIpc) is 2.72. The molecule has 0 fully saturated rings. The fraction of sp³-hybridized carbons (Fsp3) is 0.0714. The van der Waals surface area contributed by atoms with E-state index in [9.17, 15) is 0 Å². The van der Waals surface area contributed by atoms with Crippen LogP contribution in [-0.4, -0.2) is 9.38 Å². The van der Waals surface area contributed by atoms with Gasteiger partial charge in [0.2, 0.25) is 0 Å². The van der Waals surface area contributed by atoms with Crippen molar-refractivity contribution < 1.29 is 0 Å². The molecule has 2 nitrogen and oxygen atoms in total. The monoisotopic (exact) mass is 286 g/mol. The van der Waals surface area contributed by atoms with E-state index in [4.69, 9.17) is 0 Å². The van der Waals surface area contributed by atoms with Crippen LogP contribution in [0.3, 0.4) is 0 Å². The van der Waals surface area contributed by atoms with E-state index < -0.39 is 0 Å². The molecule has 3 aromatic rings. The molecular weight excluding hydrogens is 276 g/mol. The van der Waals surface area contributed by atoms with Crippen LogP contribution in [0.15, 0.2) is 53.3 Å². The van der Waals surface area contributed by atoms with Crippen LogP contribution in [0, 0.1) is 6.92 Å². The van der Waals surface area contributed by atoms with E-state index in [0.717, 1.165) is 15.8 Å². The minimum Gasteiger partial charge on any atom is -0.300 e. The van der Waals surface area contributed by atoms with E-state index >= 15 is 0 Å². The van der Waals surface area contributed by atoms with Crippen LogP contribution < -0.4 is 0 Å². The maximum atomic E-state index is 4.51. The van der Waals surface area contributed by atoms with E-state index in [1.807, 2.05) is 30.6 Å². The lowest BCUT2D eigenvalue weighted by atomic mass is 10.1. The summed E-state index contributed by atoms with van der Waals surface area (Å²) in [6, 6.07) is 12.4. The Morgan fingerprint density at radius 1 is 1.18 bits per heavy atom. The summed E-state index contributed by atoms with van der Waals surface area (Å²) in [5.41, 5.74) is 3.51. The summed E-state index contributed by atoms with van der Waals surface area (Å²) in [6.45, 7) is 2.11. The Kier molecular flexibility index (Phi) is 2.48. The van der Waals surface area contributed by atoms with Gasteiger partial charge in [-0.05, 0) is 24.6 Å². The van der Waals surface area contributed by atoms with Gasteiger partial charge in [-0.3, -0.25) is 4.40 Å². The van der Waals surface area contributed by atoms with E-state index in [1.165, 1.54) is 11.1 Å². The lowest BCUT2D eigenvalue weighted by Crippen LogP contribution is -1.90. The first-order valence-electron chi connectivity index (χ1n) is 5.44. The summed E-state index contributed by atoms with van der Waals surface area (Å²) >= 11 is 3.47. The van der Waals surface area contributed by atoms with Gasteiger partial charge in [-0.1, -0.05) is 40.2 Å². The van der Waals surface area contributed by atoms with Gasteiger partial charge in [-0.25, -0.2) is 4.98 Å². The Morgan fingerprint density at radius 2 is 2.00 bits per heavy atom. The summed E-state index contributed by atoms with van der Waals surface area (Å²) in [4.78, 5) is 4.51. The van der Waals surface area contributed by atoms with Crippen molar-refractivity contribution >= 4 is 21.4 Å². The molecular formula is C14H11BrN2. The molecule has 0 unspecified atom stereocenters. The van der Waals surface area contributed by atoms with Gasteiger partial charge >= 0.3 is 0 Å². The fourth-order valence-corrected chi connectivity index (χ4v) is 2.35. The highest BCUT2D eigenvalue weighted by molar-refractivity contribution is 9.10. The molecule has 3 heteroatoms. The van der Waals surface area contributed by atoms with Crippen molar-refractivity contribution in [1.82, 2.24) is 9.38 Å². The molecule has 84 valence electrons. The molecule has 0 amide bonds. The van der Waals surface area contributed by atoms with Gasteiger partial charge < -0.3 is 0 Å². The highest BCUT2D eigenvalue weighted by Gasteiger charge is 2.08. The zero-order chi connectivity index (χ0) is 11.8. The number of hydrogen-bond acceptors (Lipinski definition) is 1. The van der Waals surface area contributed by atoms with Gasteiger partial charge in [-0.2, -0.15) is 0 Å². The maximum absolute atomic E-state index is 4.51. The molecule has 0 aliphatic rings. The summed E-state index contributed by atoms with van der Waals surface area (Å²) in [5.74, 6) is 0.991. The minimum absolute atomic E-state index is 0.991. The number of benzene rings is 1. The van der Waals surface area contributed by atoms with Crippen molar-refractivity contribution in [2.45, 2.75) is 6.92 Å². The van der Waals surface area contributed by atoms with Gasteiger partial charge in [0.05, 0.1) is 11.7 Å². The van der Waals surface area contributed by atoms with Crippen molar-refractivity contribution in [1.29, 1.82) is 0 Å². The number of aromatic nitrogens is 2. The number of aryl methyl sites for hydroxylation is 1. The molecule has 3 rings (SSSR count). The normalized spacial score (nSPS) is 10.9. The third-order valence-electron chi connectivity index (χ3n) is 2.88. The van der Waals surface area contributed by atoms with Crippen LogP contribution in [0.5, 0.6) is 0 Å². The predicted octanol–water partition coefficient (Wildman–Crippen LogP) is 4.07. The Bertz CT molecular complexity index is 686. The largest absolute Gasteiger partial charge is 0.300 e. The summed E-state index contributed by atoms with van der Waals surface area (Å²) in [7, 11) is 0. The predicted molar refractivity (Wildman–Crippen MR) is 73.1 cm³/mol. The maximum Gasteiger partial charge on any atom is 0.144 e. The average molecular weight is 287 g/mol. The van der Waals surface area contributed by atoms with Crippen molar-refractivity contribution in [3.05, 3.63) is 58.8 Å². The number of pyridine rings is 1. The molecule has 17 heavy (non-hydrogen) atoms. The van der Waals surface area contributed by atoms with Crippen LogP contribution in [0.2, 0.25) is 0 Å². The van der Waals surface area contributed by atoms with Gasteiger partial charge in [-0.15, -0.1) is 0 Å². The number of fused-ring (bicyclic) bond motifs is 1. The topological polar surface area (TPSA) is 17.3 Å². The lowest BCUT2D eigenvalue weighted by Gasteiger charge is -2.04. The second-order valence-electron chi connectivity index (χ2n) is 4.04. The Labute approximate surface area is 108 Å². The SMILES string of the molecule is Cc1ccccc1-c1ncc2cc(Br)ccn12. The van der Waals surface area contributed by atoms with Crippen LogP contribution in [0.4, 0.5) is 0 Å². The number of rotatable bonds is 1.